The average Bonchev–Trinajstić information content (AvgIpc) is 2.66. The number of rotatable bonds is 10. The highest BCUT2D eigenvalue weighted by molar-refractivity contribution is 8.03. The number of alkyl halides is 2. The minimum atomic E-state index is -3.12. The smallest absolute Gasteiger partial charge is 0.338 e. The molecule has 28 heavy (non-hydrogen) atoms. The summed E-state index contributed by atoms with van der Waals surface area (Å²) in [4.78, 5) is 13.4. The third kappa shape index (κ3) is 6.04. The lowest BCUT2D eigenvalue weighted by Crippen LogP contribution is -2.30. The van der Waals surface area contributed by atoms with Gasteiger partial charge in [-0.2, -0.15) is 0 Å². The summed E-state index contributed by atoms with van der Waals surface area (Å²) in [6.45, 7) is 2.99. The van der Waals surface area contributed by atoms with Gasteiger partial charge in [-0.15, -0.1) is 11.8 Å². The molecule has 0 radical (unpaired) electrons. The Morgan fingerprint density at radius 3 is 2.64 bits per heavy atom. The summed E-state index contributed by atoms with van der Waals surface area (Å²) in [7, 11) is 1.60. The Balaban J connectivity index is 2.07. The number of hydrogen-bond donors (Lipinski definition) is 1. The predicted octanol–water partition coefficient (Wildman–Crippen LogP) is 4.63. The Kier molecular flexibility index (Phi) is 8.00. The molecule has 0 bridgehead atoms. The highest BCUT2D eigenvalue weighted by atomic mass is 32.2. The van der Waals surface area contributed by atoms with E-state index in [1.165, 1.54) is 6.08 Å². The molecule has 2 rings (SSSR count). The van der Waals surface area contributed by atoms with Gasteiger partial charge in [-0.3, -0.25) is 0 Å². The zero-order valence-electron chi connectivity index (χ0n) is 15.8. The van der Waals surface area contributed by atoms with Crippen LogP contribution in [0.15, 0.2) is 47.0 Å². The molecule has 1 aliphatic heterocycles. The first kappa shape index (κ1) is 22.4. The molecule has 1 aromatic rings. The van der Waals surface area contributed by atoms with E-state index in [0.717, 1.165) is 36.0 Å². The van der Waals surface area contributed by atoms with Crippen LogP contribution in [-0.4, -0.2) is 48.0 Å². The third-order valence-corrected chi connectivity index (χ3v) is 5.65. The molecule has 8 heteroatoms. The van der Waals surface area contributed by atoms with E-state index in [2.05, 4.69) is 0 Å². The number of aliphatic carboxylic acids is 1. The Labute approximate surface area is 167 Å². The molecule has 0 fully saturated rings. The van der Waals surface area contributed by atoms with Gasteiger partial charge >= 0.3 is 5.97 Å². The second-order valence-electron chi connectivity index (χ2n) is 6.52. The number of halogens is 3. The van der Waals surface area contributed by atoms with Crippen LogP contribution in [0.1, 0.15) is 25.3 Å². The Bertz CT molecular complexity index is 735. The first-order valence-electron chi connectivity index (χ1n) is 8.93. The van der Waals surface area contributed by atoms with Crippen LogP contribution in [-0.2, 0) is 15.5 Å². The van der Waals surface area contributed by atoms with Crippen molar-refractivity contribution >= 4 is 17.7 Å². The summed E-state index contributed by atoms with van der Waals surface area (Å²) in [5.41, 5.74) is -0.150. The van der Waals surface area contributed by atoms with E-state index in [9.17, 15) is 23.1 Å². The lowest BCUT2D eigenvalue weighted by atomic mass is 10.1. The average molecular weight is 415 g/mol. The second-order valence-corrected chi connectivity index (χ2v) is 7.60. The molecule has 1 unspecified atom stereocenters. The van der Waals surface area contributed by atoms with E-state index >= 15 is 0 Å². The number of carboxylic acid groups (broad SMARTS) is 1. The van der Waals surface area contributed by atoms with Crippen molar-refractivity contribution in [1.29, 1.82) is 0 Å². The van der Waals surface area contributed by atoms with Gasteiger partial charge in [-0.1, -0.05) is 18.2 Å². The molecule has 154 valence electrons. The lowest BCUT2D eigenvalue weighted by Gasteiger charge is -2.30. The molecule has 0 amide bonds. The summed E-state index contributed by atoms with van der Waals surface area (Å²) >= 11 is 1.10. The maximum Gasteiger partial charge on any atom is 0.338 e. The van der Waals surface area contributed by atoms with Gasteiger partial charge in [-0.25, -0.2) is 18.0 Å². The summed E-state index contributed by atoms with van der Waals surface area (Å²) < 4.78 is 46.9. The normalized spacial score (nSPS) is 15.8. The van der Waals surface area contributed by atoms with Crippen LogP contribution in [0.5, 0.6) is 0 Å². The first-order valence-corrected chi connectivity index (χ1v) is 9.91. The number of ether oxygens (including phenoxy) is 1. The van der Waals surface area contributed by atoms with Crippen molar-refractivity contribution in [2.24, 2.45) is 0 Å². The molecular weight excluding hydrogens is 391 g/mol. The maximum absolute atomic E-state index is 14.4. The molecule has 1 aromatic carbocycles. The second kappa shape index (κ2) is 10.0. The van der Waals surface area contributed by atoms with Gasteiger partial charge in [0.2, 0.25) is 0 Å². The molecule has 1 atom stereocenters. The topological polar surface area (TPSA) is 49.8 Å². The van der Waals surface area contributed by atoms with Gasteiger partial charge in [0, 0.05) is 37.9 Å². The fourth-order valence-electron chi connectivity index (χ4n) is 2.72. The molecule has 1 N–H and O–H groups in total. The van der Waals surface area contributed by atoms with E-state index in [0.29, 0.717) is 24.5 Å². The molecule has 1 aliphatic rings. The van der Waals surface area contributed by atoms with Crippen LogP contribution in [0.25, 0.3) is 0 Å². The number of carbonyl (C=O) groups is 1. The van der Waals surface area contributed by atoms with Gasteiger partial charge < -0.3 is 14.7 Å². The summed E-state index contributed by atoms with van der Waals surface area (Å²) in [6, 6.07) is 4.16. The largest absolute Gasteiger partial charge is 0.478 e. The summed E-state index contributed by atoms with van der Waals surface area (Å²) in [5.74, 6) is -4.75. The minimum Gasteiger partial charge on any atom is -0.478 e. The number of hydrogen-bond acceptors (Lipinski definition) is 4. The van der Waals surface area contributed by atoms with Gasteiger partial charge in [0.15, 0.2) is 0 Å². The predicted molar refractivity (Wildman–Crippen MR) is 104 cm³/mol. The van der Waals surface area contributed by atoms with Crippen LogP contribution in [0.3, 0.4) is 0 Å². The minimum absolute atomic E-state index is 0.00763. The fraction of sp³-hybridized carbons (Fsp3) is 0.450. The van der Waals surface area contributed by atoms with Crippen molar-refractivity contribution in [3.05, 3.63) is 58.4 Å². The van der Waals surface area contributed by atoms with Crippen molar-refractivity contribution in [2.45, 2.75) is 31.8 Å². The number of carboxylic acids is 1. The molecular formula is C20H24F3NO3S. The quantitative estimate of drug-likeness (QED) is 0.604. The van der Waals surface area contributed by atoms with Gasteiger partial charge in [0.1, 0.15) is 5.82 Å². The van der Waals surface area contributed by atoms with Crippen molar-refractivity contribution in [2.75, 3.05) is 26.0 Å². The third-order valence-electron chi connectivity index (χ3n) is 4.49. The van der Waals surface area contributed by atoms with Crippen molar-refractivity contribution in [3.63, 3.8) is 0 Å². The molecule has 0 aromatic heterocycles. The maximum atomic E-state index is 14.4. The zero-order valence-corrected chi connectivity index (χ0v) is 16.6. The van der Waals surface area contributed by atoms with Crippen LogP contribution >= 0.6 is 11.8 Å². The standard InChI is InChI=1S/C20H24F3NO3S/c1-14(27-2)9-12-24-11-3-4-17(19(25)26)18(24)28-13-10-20(22,23)15-5-7-16(21)8-6-15/h3-8,14H,9-13H2,1-2H3,(H,25,26). The van der Waals surface area contributed by atoms with E-state index in [-0.39, 0.29) is 23.0 Å². The van der Waals surface area contributed by atoms with E-state index < -0.39 is 24.1 Å². The Hall–Kier alpha value is -1.93. The SMILES string of the molecule is COC(C)CCN1CC=CC(C(=O)O)=C1SCCC(F)(F)c1ccc(F)cc1. The molecule has 0 aliphatic carbocycles. The van der Waals surface area contributed by atoms with Crippen LogP contribution < -0.4 is 0 Å². The van der Waals surface area contributed by atoms with Crippen LogP contribution in [0, 0.1) is 5.82 Å². The van der Waals surface area contributed by atoms with Crippen LogP contribution in [0.4, 0.5) is 13.2 Å². The first-order chi connectivity index (χ1) is 13.2. The number of nitrogens with zero attached hydrogens (tertiary/aromatic N) is 1. The number of benzene rings is 1. The van der Waals surface area contributed by atoms with E-state index in [4.69, 9.17) is 4.74 Å². The lowest BCUT2D eigenvalue weighted by molar-refractivity contribution is -0.132. The zero-order chi connectivity index (χ0) is 20.7. The van der Waals surface area contributed by atoms with Crippen molar-refractivity contribution < 1.29 is 27.8 Å². The fourth-order valence-corrected chi connectivity index (χ4v) is 3.93. The van der Waals surface area contributed by atoms with Crippen LogP contribution in [0.2, 0.25) is 0 Å². The molecule has 1 heterocycles. The molecule has 0 spiro atoms. The van der Waals surface area contributed by atoms with Gasteiger partial charge in [-0.05, 0) is 31.6 Å². The van der Waals surface area contributed by atoms with Crippen molar-refractivity contribution in [3.8, 4) is 0 Å². The number of thioether (sulfide) groups is 1. The summed E-state index contributed by atoms with van der Waals surface area (Å²) in [5, 5.41) is 9.94. The van der Waals surface area contributed by atoms with E-state index in [1.807, 2.05) is 11.8 Å². The van der Waals surface area contributed by atoms with Crippen molar-refractivity contribution in [1.82, 2.24) is 4.90 Å². The molecule has 0 saturated heterocycles. The summed E-state index contributed by atoms with van der Waals surface area (Å²) in [6.07, 6.45) is 3.48. The Morgan fingerprint density at radius 1 is 1.36 bits per heavy atom. The highest BCUT2D eigenvalue weighted by Crippen LogP contribution is 2.36. The molecule has 4 nitrogen and oxygen atoms in total. The Morgan fingerprint density at radius 2 is 2.04 bits per heavy atom. The van der Waals surface area contributed by atoms with E-state index in [1.54, 1.807) is 13.2 Å². The highest BCUT2D eigenvalue weighted by Gasteiger charge is 2.32. The van der Waals surface area contributed by atoms with Gasteiger partial charge in [0.05, 0.1) is 16.7 Å². The monoisotopic (exact) mass is 415 g/mol. The number of methoxy groups -OCH3 is 1. The van der Waals surface area contributed by atoms with Gasteiger partial charge in [0.25, 0.3) is 5.92 Å². The molecule has 0 saturated carbocycles.